The van der Waals surface area contributed by atoms with Crippen LogP contribution in [-0.4, -0.2) is 23.8 Å². The number of aliphatic carboxylic acids is 1. The number of carboxylic acids is 1. The summed E-state index contributed by atoms with van der Waals surface area (Å²) in [7, 11) is 1.80. The van der Waals surface area contributed by atoms with Crippen molar-refractivity contribution in [1.29, 1.82) is 0 Å². The highest BCUT2D eigenvalue weighted by atomic mass is 16.5. The maximum absolute atomic E-state index is 11.8. The molecule has 1 aromatic rings. The zero-order valence-corrected chi connectivity index (χ0v) is 13.4. The first-order valence-electron chi connectivity index (χ1n) is 8.48. The van der Waals surface area contributed by atoms with E-state index in [0.717, 1.165) is 50.5 Å². The number of carboxylic acid groups (broad SMARTS) is 1. The molecule has 2 aliphatic rings. The van der Waals surface area contributed by atoms with Crippen LogP contribution in [0.3, 0.4) is 0 Å². The van der Waals surface area contributed by atoms with E-state index >= 15 is 0 Å². The minimum atomic E-state index is -0.656. The zero-order chi connectivity index (χ0) is 15.6. The molecule has 0 aromatic heterocycles. The Morgan fingerprint density at radius 2 is 1.73 bits per heavy atom. The fourth-order valence-corrected chi connectivity index (χ4v) is 3.84. The predicted octanol–water partition coefficient (Wildman–Crippen LogP) is 4.08. The summed E-state index contributed by atoms with van der Waals surface area (Å²) in [6.45, 7) is 0. The van der Waals surface area contributed by atoms with Crippen molar-refractivity contribution in [3.8, 4) is 0 Å². The fraction of sp³-hybridized carbons (Fsp3) is 0.632. The molecule has 1 N–H and O–H groups in total. The van der Waals surface area contributed by atoms with Gasteiger partial charge in [0.15, 0.2) is 0 Å². The number of rotatable bonds is 6. The average Bonchev–Trinajstić information content (AvgIpc) is 3.34. The van der Waals surface area contributed by atoms with Gasteiger partial charge in [0.25, 0.3) is 0 Å². The lowest BCUT2D eigenvalue weighted by Gasteiger charge is -2.33. The van der Waals surface area contributed by atoms with Gasteiger partial charge in [0, 0.05) is 7.11 Å². The zero-order valence-electron chi connectivity index (χ0n) is 13.4. The molecule has 3 heteroatoms. The SMILES string of the molecule is COC1(CCc2ccc(C3(C(=O)O)CCCCC3)cc2)CC1. The lowest BCUT2D eigenvalue weighted by Crippen LogP contribution is -2.37. The summed E-state index contributed by atoms with van der Waals surface area (Å²) >= 11 is 0. The molecular weight excluding hydrogens is 276 g/mol. The number of ether oxygens (including phenoxy) is 1. The third-order valence-electron chi connectivity index (χ3n) is 5.73. The molecule has 0 radical (unpaired) electrons. The van der Waals surface area contributed by atoms with Crippen molar-refractivity contribution in [2.75, 3.05) is 7.11 Å². The van der Waals surface area contributed by atoms with Crippen LogP contribution in [-0.2, 0) is 21.4 Å². The van der Waals surface area contributed by atoms with Gasteiger partial charge in [0.05, 0.1) is 11.0 Å². The van der Waals surface area contributed by atoms with E-state index in [1.54, 1.807) is 7.11 Å². The van der Waals surface area contributed by atoms with Crippen LogP contribution in [0.1, 0.15) is 62.5 Å². The first kappa shape index (κ1) is 15.5. The number of hydrogen-bond donors (Lipinski definition) is 1. The Kier molecular flexibility index (Phi) is 4.26. The quantitative estimate of drug-likeness (QED) is 0.861. The number of hydrogen-bond acceptors (Lipinski definition) is 2. The van der Waals surface area contributed by atoms with Crippen LogP contribution in [0.15, 0.2) is 24.3 Å². The van der Waals surface area contributed by atoms with E-state index < -0.39 is 11.4 Å². The maximum atomic E-state index is 11.8. The second-order valence-electron chi connectivity index (χ2n) is 7.03. The van der Waals surface area contributed by atoms with Gasteiger partial charge < -0.3 is 9.84 Å². The molecule has 2 saturated carbocycles. The van der Waals surface area contributed by atoms with E-state index in [2.05, 4.69) is 12.1 Å². The molecule has 0 bridgehead atoms. The van der Waals surface area contributed by atoms with Gasteiger partial charge >= 0.3 is 5.97 Å². The van der Waals surface area contributed by atoms with Crippen LogP contribution >= 0.6 is 0 Å². The Morgan fingerprint density at radius 1 is 1.09 bits per heavy atom. The molecule has 3 rings (SSSR count). The van der Waals surface area contributed by atoms with E-state index in [0.29, 0.717) is 0 Å². The third-order valence-corrected chi connectivity index (χ3v) is 5.73. The van der Waals surface area contributed by atoms with Gasteiger partial charge in [-0.15, -0.1) is 0 Å². The minimum Gasteiger partial charge on any atom is -0.481 e. The van der Waals surface area contributed by atoms with Crippen molar-refractivity contribution in [2.45, 2.75) is 68.8 Å². The first-order chi connectivity index (χ1) is 10.6. The molecule has 1 aromatic carbocycles. The smallest absolute Gasteiger partial charge is 0.314 e. The van der Waals surface area contributed by atoms with Crippen LogP contribution in [0.5, 0.6) is 0 Å². The lowest BCUT2D eigenvalue weighted by atomic mass is 9.69. The van der Waals surface area contributed by atoms with Crippen molar-refractivity contribution >= 4 is 5.97 Å². The number of benzene rings is 1. The Labute approximate surface area is 132 Å². The van der Waals surface area contributed by atoms with Crippen LogP contribution in [0.2, 0.25) is 0 Å². The molecule has 0 atom stereocenters. The predicted molar refractivity (Wildman–Crippen MR) is 86.1 cm³/mol. The Balaban J connectivity index is 1.71. The fourth-order valence-electron chi connectivity index (χ4n) is 3.84. The molecular formula is C19H26O3. The molecule has 0 heterocycles. The van der Waals surface area contributed by atoms with Crippen molar-refractivity contribution < 1.29 is 14.6 Å². The monoisotopic (exact) mass is 302 g/mol. The molecule has 120 valence electrons. The standard InChI is InChI=1S/C19H26O3/c1-22-18(13-14-18)12-9-15-5-7-16(8-6-15)19(17(20)21)10-3-2-4-11-19/h5-8H,2-4,9-14H2,1H3,(H,20,21). The second-order valence-corrected chi connectivity index (χ2v) is 7.03. The summed E-state index contributed by atoms with van der Waals surface area (Å²) in [6.07, 6.45) is 9.15. The topological polar surface area (TPSA) is 46.5 Å². The average molecular weight is 302 g/mol. The van der Waals surface area contributed by atoms with E-state index in [1.807, 2.05) is 12.1 Å². The summed E-state index contributed by atoms with van der Waals surface area (Å²) in [6, 6.07) is 8.31. The molecule has 2 aliphatic carbocycles. The summed E-state index contributed by atoms with van der Waals surface area (Å²) < 4.78 is 5.56. The number of aryl methyl sites for hydroxylation is 1. The molecule has 3 nitrogen and oxygen atoms in total. The molecule has 0 amide bonds. The van der Waals surface area contributed by atoms with Crippen LogP contribution in [0.4, 0.5) is 0 Å². The summed E-state index contributed by atoms with van der Waals surface area (Å²) in [5.41, 5.74) is 1.74. The summed E-state index contributed by atoms with van der Waals surface area (Å²) in [5.74, 6) is -0.656. The third kappa shape index (κ3) is 2.91. The van der Waals surface area contributed by atoms with Crippen LogP contribution in [0.25, 0.3) is 0 Å². The van der Waals surface area contributed by atoms with E-state index in [-0.39, 0.29) is 5.60 Å². The van der Waals surface area contributed by atoms with E-state index in [1.165, 1.54) is 18.4 Å². The largest absolute Gasteiger partial charge is 0.481 e. The molecule has 0 spiro atoms. The van der Waals surface area contributed by atoms with E-state index in [9.17, 15) is 9.90 Å². The number of carbonyl (C=O) groups is 1. The summed E-state index contributed by atoms with van der Waals surface area (Å²) in [4.78, 5) is 11.8. The van der Waals surface area contributed by atoms with Gasteiger partial charge in [-0.2, -0.15) is 0 Å². The molecule has 0 saturated heterocycles. The molecule has 22 heavy (non-hydrogen) atoms. The van der Waals surface area contributed by atoms with Gasteiger partial charge in [-0.25, -0.2) is 0 Å². The highest BCUT2D eigenvalue weighted by molar-refractivity contribution is 5.81. The van der Waals surface area contributed by atoms with Crippen molar-refractivity contribution in [2.24, 2.45) is 0 Å². The first-order valence-corrected chi connectivity index (χ1v) is 8.48. The van der Waals surface area contributed by atoms with Crippen molar-refractivity contribution in [3.05, 3.63) is 35.4 Å². The van der Waals surface area contributed by atoms with Gasteiger partial charge in [0.1, 0.15) is 0 Å². The highest BCUT2D eigenvalue weighted by Gasteiger charge is 2.42. The van der Waals surface area contributed by atoms with Crippen molar-refractivity contribution in [3.63, 3.8) is 0 Å². The van der Waals surface area contributed by atoms with Gasteiger partial charge in [0.2, 0.25) is 0 Å². The Morgan fingerprint density at radius 3 is 2.23 bits per heavy atom. The van der Waals surface area contributed by atoms with Gasteiger partial charge in [-0.1, -0.05) is 43.5 Å². The van der Waals surface area contributed by atoms with Gasteiger partial charge in [-0.3, -0.25) is 4.79 Å². The highest BCUT2D eigenvalue weighted by Crippen LogP contribution is 2.43. The molecule has 2 fully saturated rings. The second kappa shape index (κ2) is 6.04. The van der Waals surface area contributed by atoms with Gasteiger partial charge in [-0.05, 0) is 49.7 Å². The molecule has 0 aliphatic heterocycles. The Bertz CT molecular complexity index is 522. The van der Waals surface area contributed by atoms with Crippen molar-refractivity contribution in [1.82, 2.24) is 0 Å². The molecule has 0 unspecified atom stereocenters. The summed E-state index contributed by atoms with van der Waals surface area (Å²) in [5, 5.41) is 9.75. The van der Waals surface area contributed by atoms with Crippen LogP contribution < -0.4 is 0 Å². The Hall–Kier alpha value is -1.35. The van der Waals surface area contributed by atoms with E-state index in [4.69, 9.17) is 4.74 Å². The number of methoxy groups -OCH3 is 1. The van der Waals surface area contributed by atoms with Crippen LogP contribution in [0, 0.1) is 0 Å². The normalized spacial score (nSPS) is 22.2. The lowest BCUT2D eigenvalue weighted by molar-refractivity contribution is -0.145. The maximum Gasteiger partial charge on any atom is 0.314 e. The minimum absolute atomic E-state index is 0.129.